The summed E-state index contributed by atoms with van der Waals surface area (Å²) in [5, 5.41) is 13.3. The molecule has 1 aromatic heterocycles. The third kappa shape index (κ3) is 3.33. The Morgan fingerprint density at radius 1 is 1.45 bits per heavy atom. The van der Waals surface area contributed by atoms with E-state index in [2.05, 4.69) is 24.8 Å². The SMILES string of the molecule is CCCc1cccc(C(=O)O)c1COc1ccn(S)n1. The summed E-state index contributed by atoms with van der Waals surface area (Å²) >= 11 is 4.02. The highest BCUT2D eigenvalue weighted by Crippen LogP contribution is 2.19. The maximum absolute atomic E-state index is 11.3. The van der Waals surface area contributed by atoms with Gasteiger partial charge in [0.25, 0.3) is 0 Å². The molecule has 2 aromatic rings. The Kier molecular flexibility index (Phi) is 4.68. The zero-order valence-corrected chi connectivity index (χ0v) is 12.0. The molecule has 5 nitrogen and oxygen atoms in total. The van der Waals surface area contributed by atoms with Gasteiger partial charge in [0.05, 0.1) is 5.56 Å². The highest BCUT2D eigenvalue weighted by Gasteiger charge is 2.14. The van der Waals surface area contributed by atoms with Crippen molar-refractivity contribution in [3.63, 3.8) is 0 Å². The molecule has 1 N–H and O–H groups in total. The molecule has 0 aliphatic heterocycles. The molecule has 0 saturated heterocycles. The molecule has 0 amide bonds. The standard InChI is InChI=1S/C14H16N2O3S/c1-2-4-10-5-3-6-11(14(17)18)12(10)9-19-13-7-8-16(20)15-13/h3,5-8,20H,2,4,9H2,1H3,(H,17,18). The first-order chi connectivity index (χ1) is 9.61. The molecule has 1 heterocycles. The number of thiol groups is 1. The van der Waals surface area contributed by atoms with Crippen molar-refractivity contribution in [2.75, 3.05) is 0 Å². The second-order valence-electron chi connectivity index (χ2n) is 4.36. The molecular weight excluding hydrogens is 276 g/mol. The first kappa shape index (κ1) is 14.5. The van der Waals surface area contributed by atoms with Crippen molar-refractivity contribution in [2.24, 2.45) is 0 Å². The highest BCUT2D eigenvalue weighted by molar-refractivity contribution is 7.78. The van der Waals surface area contributed by atoms with Gasteiger partial charge in [0, 0.05) is 17.8 Å². The van der Waals surface area contributed by atoms with Crippen LogP contribution in [0.15, 0.2) is 30.5 Å². The fourth-order valence-corrected chi connectivity index (χ4v) is 2.19. The van der Waals surface area contributed by atoms with E-state index in [9.17, 15) is 9.90 Å². The number of hydrogen-bond acceptors (Lipinski definition) is 4. The van der Waals surface area contributed by atoms with Gasteiger partial charge in [-0.05, 0) is 30.9 Å². The summed E-state index contributed by atoms with van der Waals surface area (Å²) in [4.78, 5) is 11.3. The fourth-order valence-electron chi connectivity index (χ4n) is 2.03. The summed E-state index contributed by atoms with van der Waals surface area (Å²) in [5.74, 6) is -0.524. The van der Waals surface area contributed by atoms with Crippen LogP contribution in [-0.2, 0) is 13.0 Å². The van der Waals surface area contributed by atoms with Crippen molar-refractivity contribution in [1.82, 2.24) is 9.19 Å². The molecule has 106 valence electrons. The molecule has 0 saturated carbocycles. The lowest BCUT2D eigenvalue weighted by Crippen LogP contribution is -2.09. The lowest BCUT2D eigenvalue weighted by atomic mass is 9.98. The van der Waals surface area contributed by atoms with Gasteiger partial charge in [0.15, 0.2) is 0 Å². The van der Waals surface area contributed by atoms with Gasteiger partial charge in [0.1, 0.15) is 6.61 Å². The summed E-state index contributed by atoms with van der Waals surface area (Å²) in [6.07, 6.45) is 3.41. The average molecular weight is 292 g/mol. The first-order valence-corrected chi connectivity index (χ1v) is 6.73. The minimum atomic E-state index is -0.943. The van der Waals surface area contributed by atoms with Gasteiger partial charge in [0.2, 0.25) is 5.88 Å². The van der Waals surface area contributed by atoms with E-state index in [1.54, 1.807) is 24.4 Å². The molecule has 0 spiro atoms. The van der Waals surface area contributed by atoms with Crippen molar-refractivity contribution in [1.29, 1.82) is 0 Å². The fraction of sp³-hybridized carbons (Fsp3) is 0.286. The smallest absolute Gasteiger partial charge is 0.336 e. The van der Waals surface area contributed by atoms with E-state index < -0.39 is 5.97 Å². The number of rotatable bonds is 6. The Bertz CT molecular complexity index is 610. The normalized spacial score (nSPS) is 10.5. The van der Waals surface area contributed by atoms with Crippen LogP contribution < -0.4 is 4.74 Å². The molecule has 0 atom stereocenters. The topological polar surface area (TPSA) is 64.3 Å². The van der Waals surface area contributed by atoms with Crippen molar-refractivity contribution < 1.29 is 14.6 Å². The Hall–Kier alpha value is -1.95. The number of carboxylic acid groups (broad SMARTS) is 1. The number of carbonyl (C=O) groups is 1. The number of aryl methyl sites for hydroxylation is 1. The number of ether oxygens (including phenoxy) is 1. The summed E-state index contributed by atoms with van der Waals surface area (Å²) in [7, 11) is 0. The van der Waals surface area contributed by atoms with E-state index in [0.717, 1.165) is 18.4 Å². The molecule has 0 aliphatic rings. The minimum Gasteiger partial charge on any atom is -0.478 e. The van der Waals surface area contributed by atoms with Crippen molar-refractivity contribution in [3.05, 3.63) is 47.2 Å². The Morgan fingerprint density at radius 2 is 2.25 bits per heavy atom. The number of nitrogens with zero attached hydrogens (tertiary/aromatic N) is 2. The quantitative estimate of drug-likeness (QED) is 0.804. The second kappa shape index (κ2) is 6.47. The van der Waals surface area contributed by atoms with Gasteiger partial charge in [-0.25, -0.2) is 8.88 Å². The zero-order chi connectivity index (χ0) is 14.5. The van der Waals surface area contributed by atoms with Gasteiger partial charge < -0.3 is 9.84 Å². The third-order valence-electron chi connectivity index (χ3n) is 2.94. The average Bonchev–Trinajstić information content (AvgIpc) is 2.83. The molecule has 20 heavy (non-hydrogen) atoms. The Labute approximate surface area is 122 Å². The van der Waals surface area contributed by atoms with Crippen molar-refractivity contribution in [3.8, 4) is 5.88 Å². The first-order valence-electron chi connectivity index (χ1n) is 6.33. The molecule has 2 rings (SSSR count). The molecule has 0 bridgehead atoms. The van der Waals surface area contributed by atoms with Crippen LogP contribution >= 0.6 is 12.8 Å². The van der Waals surface area contributed by atoms with Crippen LogP contribution in [0.4, 0.5) is 0 Å². The molecule has 0 fully saturated rings. The van der Waals surface area contributed by atoms with Crippen LogP contribution in [0.3, 0.4) is 0 Å². The maximum Gasteiger partial charge on any atom is 0.336 e. The van der Waals surface area contributed by atoms with Gasteiger partial charge in [-0.15, -0.1) is 5.10 Å². The largest absolute Gasteiger partial charge is 0.478 e. The van der Waals surface area contributed by atoms with E-state index in [-0.39, 0.29) is 12.2 Å². The van der Waals surface area contributed by atoms with Gasteiger partial charge in [-0.3, -0.25) is 0 Å². The number of aromatic carboxylic acids is 1. The van der Waals surface area contributed by atoms with E-state index in [4.69, 9.17) is 4.74 Å². The molecule has 0 unspecified atom stereocenters. The van der Waals surface area contributed by atoms with E-state index >= 15 is 0 Å². The molecular formula is C14H16N2O3S. The van der Waals surface area contributed by atoms with Crippen LogP contribution in [0.25, 0.3) is 0 Å². The summed E-state index contributed by atoms with van der Waals surface area (Å²) in [5.41, 5.74) is 1.98. The second-order valence-corrected chi connectivity index (χ2v) is 4.77. The number of aromatic nitrogens is 2. The molecule has 1 aromatic carbocycles. The van der Waals surface area contributed by atoms with Crippen molar-refractivity contribution >= 4 is 18.8 Å². The zero-order valence-electron chi connectivity index (χ0n) is 11.1. The Morgan fingerprint density at radius 3 is 2.85 bits per heavy atom. The summed E-state index contributed by atoms with van der Waals surface area (Å²) in [6, 6.07) is 6.97. The lowest BCUT2D eigenvalue weighted by Gasteiger charge is -2.12. The molecule has 6 heteroatoms. The van der Waals surface area contributed by atoms with Crippen LogP contribution in [0.2, 0.25) is 0 Å². The number of hydrogen-bond donors (Lipinski definition) is 2. The Balaban J connectivity index is 2.25. The molecule has 0 aliphatic carbocycles. The van der Waals surface area contributed by atoms with E-state index in [0.29, 0.717) is 11.4 Å². The van der Waals surface area contributed by atoms with Crippen LogP contribution in [0, 0.1) is 0 Å². The highest BCUT2D eigenvalue weighted by atomic mass is 32.1. The van der Waals surface area contributed by atoms with E-state index in [1.807, 2.05) is 6.07 Å². The van der Waals surface area contributed by atoms with E-state index in [1.165, 1.54) is 4.09 Å². The van der Waals surface area contributed by atoms with Crippen molar-refractivity contribution in [2.45, 2.75) is 26.4 Å². The lowest BCUT2D eigenvalue weighted by molar-refractivity contribution is 0.0693. The predicted octanol–water partition coefficient (Wildman–Crippen LogP) is 2.81. The summed E-state index contributed by atoms with van der Waals surface area (Å²) in [6.45, 7) is 2.24. The maximum atomic E-state index is 11.3. The molecule has 0 radical (unpaired) electrons. The van der Waals surface area contributed by atoms with Crippen LogP contribution in [0.1, 0.15) is 34.8 Å². The predicted molar refractivity (Wildman–Crippen MR) is 78.3 cm³/mol. The van der Waals surface area contributed by atoms with Gasteiger partial charge in [-0.2, -0.15) is 0 Å². The van der Waals surface area contributed by atoms with Crippen LogP contribution in [-0.4, -0.2) is 20.3 Å². The van der Waals surface area contributed by atoms with Crippen LogP contribution in [0.5, 0.6) is 5.88 Å². The van der Waals surface area contributed by atoms with Gasteiger partial charge in [-0.1, -0.05) is 25.5 Å². The minimum absolute atomic E-state index is 0.183. The monoisotopic (exact) mass is 292 g/mol. The number of benzene rings is 1. The summed E-state index contributed by atoms with van der Waals surface area (Å²) < 4.78 is 6.89. The van der Waals surface area contributed by atoms with Gasteiger partial charge >= 0.3 is 5.97 Å². The number of carboxylic acids is 1. The third-order valence-corrected chi connectivity index (χ3v) is 3.16.